The molecule has 0 heterocycles. The lowest BCUT2D eigenvalue weighted by Crippen LogP contribution is -2.25. The topological polar surface area (TPSA) is 6.48 Å². The lowest BCUT2D eigenvalue weighted by Gasteiger charge is -2.21. The van der Waals surface area contributed by atoms with E-state index in [4.69, 9.17) is 0 Å². The van der Waals surface area contributed by atoms with Gasteiger partial charge >= 0.3 is 0 Å². The molecule has 2 heteroatoms. The lowest BCUT2D eigenvalue weighted by atomic mass is 10.2. The predicted octanol–water partition coefficient (Wildman–Crippen LogP) is 2.59. The molecule has 2 nitrogen and oxygen atoms in total. The molecule has 0 fully saturated rings. The summed E-state index contributed by atoms with van der Waals surface area (Å²) < 4.78 is 0. The van der Waals surface area contributed by atoms with Crippen LogP contribution < -0.4 is 4.90 Å². The van der Waals surface area contributed by atoms with E-state index < -0.39 is 0 Å². The van der Waals surface area contributed by atoms with Gasteiger partial charge in [-0.15, -0.1) is 0 Å². The zero-order valence-electron chi connectivity index (χ0n) is 10.5. The van der Waals surface area contributed by atoms with Crippen LogP contribution in [0.5, 0.6) is 0 Å². The van der Waals surface area contributed by atoms with Crippen molar-refractivity contribution < 1.29 is 0 Å². The molecule has 0 aliphatic carbocycles. The Morgan fingerprint density at radius 1 is 1.00 bits per heavy atom. The van der Waals surface area contributed by atoms with Crippen molar-refractivity contribution in [3.05, 3.63) is 29.8 Å². The summed E-state index contributed by atoms with van der Waals surface area (Å²) in [7, 11) is 6.29. The molecule has 1 aromatic carbocycles. The quantitative estimate of drug-likeness (QED) is 0.747. The van der Waals surface area contributed by atoms with Gasteiger partial charge in [0.05, 0.1) is 0 Å². The summed E-state index contributed by atoms with van der Waals surface area (Å²) in [6, 6.07) is 9.34. The summed E-state index contributed by atoms with van der Waals surface area (Å²) in [5.41, 5.74) is 2.63. The molecular formula is C13H22N2. The van der Waals surface area contributed by atoms with E-state index in [2.05, 4.69) is 69.1 Å². The largest absolute Gasteiger partial charge is 0.378 e. The third kappa shape index (κ3) is 3.56. The van der Waals surface area contributed by atoms with Crippen molar-refractivity contribution in [1.82, 2.24) is 4.90 Å². The Morgan fingerprint density at radius 2 is 1.53 bits per heavy atom. The second-order valence-corrected chi connectivity index (χ2v) is 4.57. The van der Waals surface area contributed by atoms with Crippen LogP contribution in [0.4, 0.5) is 5.69 Å². The zero-order chi connectivity index (χ0) is 11.4. The first-order chi connectivity index (χ1) is 7.00. The molecule has 0 aliphatic heterocycles. The van der Waals surface area contributed by atoms with Crippen LogP contribution in [0.2, 0.25) is 0 Å². The molecule has 0 unspecified atom stereocenters. The second-order valence-electron chi connectivity index (χ2n) is 4.57. The maximum atomic E-state index is 2.34. The molecule has 0 N–H and O–H groups in total. The van der Waals surface area contributed by atoms with Crippen molar-refractivity contribution in [2.75, 3.05) is 26.0 Å². The number of rotatable bonds is 4. The molecule has 0 saturated carbocycles. The van der Waals surface area contributed by atoms with Gasteiger partial charge in [0.25, 0.3) is 0 Å². The van der Waals surface area contributed by atoms with E-state index in [0.717, 1.165) is 6.54 Å². The Balaban J connectivity index is 2.64. The van der Waals surface area contributed by atoms with Gasteiger partial charge < -0.3 is 4.90 Å². The van der Waals surface area contributed by atoms with Crippen LogP contribution >= 0.6 is 0 Å². The van der Waals surface area contributed by atoms with Gasteiger partial charge in [0.2, 0.25) is 0 Å². The summed E-state index contributed by atoms with van der Waals surface area (Å²) in [6.07, 6.45) is 0. The molecule has 1 rings (SSSR count). The smallest absolute Gasteiger partial charge is 0.0361 e. The molecule has 0 amide bonds. The van der Waals surface area contributed by atoms with Crippen molar-refractivity contribution in [3.8, 4) is 0 Å². The first-order valence-electron chi connectivity index (χ1n) is 5.47. The maximum Gasteiger partial charge on any atom is 0.0361 e. The maximum absolute atomic E-state index is 2.34. The standard InChI is InChI=1S/C13H22N2/c1-11(2)15(5)10-12-6-8-13(9-7-12)14(3)4/h6-9,11H,10H2,1-5H3. The summed E-state index contributed by atoms with van der Waals surface area (Å²) in [4.78, 5) is 4.46. The summed E-state index contributed by atoms with van der Waals surface area (Å²) in [6.45, 7) is 5.45. The number of hydrogen-bond donors (Lipinski definition) is 0. The third-order valence-electron chi connectivity index (χ3n) is 2.77. The van der Waals surface area contributed by atoms with E-state index in [-0.39, 0.29) is 0 Å². The highest BCUT2D eigenvalue weighted by molar-refractivity contribution is 5.45. The van der Waals surface area contributed by atoms with E-state index in [1.807, 2.05) is 0 Å². The first-order valence-corrected chi connectivity index (χ1v) is 5.47. The normalized spacial score (nSPS) is 11.1. The Labute approximate surface area is 93.5 Å². The molecule has 1 aromatic rings. The van der Waals surface area contributed by atoms with Gasteiger partial charge in [-0.2, -0.15) is 0 Å². The Hall–Kier alpha value is -1.02. The second kappa shape index (κ2) is 5.17. The van der Waals surface area contributed by atoms with Crippen molar-refractivity contribution in [3.63, 3.8) is 0 Å². The van der Waals surface area contributed by atoms with Gasteiger partial charge in [-0.05, 0) is 38.6 Å². The Morgan fingerprint density at radius 3 is 1.93 bits per heavy atom. The van der Waals surface area contributed by atoms with E-state index in [0.29, 0.717) is 6.04 Å². The number of benzene rings is 1. The molecule has 0 aliphatic rings. The number of nitrogens with zero attached hydrogens (tertiary/aromatic N) is 2. The highest BCUT2D eigenvalue weighted by Crippen LogP contribution is 2.13. The molecule has 84 valence electrons. The van der Waals surface area contributed by atoms with Crippen molar-refractivity contribution in [2.24, 2.45) is 0 Å². The van der Waals surface area contributed by atoms with Crippen LogP contribution in [-0.4, -0.2) is 32.1 Å². The van der Waals surface area contributed by atoms with Crippen molar-refractivity contribution in [1.29, 1.82) is 0 Å². The van der Waals surface area contributed by atoms with Crippen molar-refractivity contribution in [2.45, 2.75) is 26.4 Å². The fourth-order valence-electron chi connectivity index (χ4n) is 1.37. The van der Waals surface area contributed by atoms with Gasteiger partial charge in [0.1, 0.15) is 0 Å². The third-order valence-corrected chi connectivity index (χ3v) is 2.77. The molecule has 15 heavy (non-hydrogen) atoms. The average Bonchev–Trinajstić information content (AvgIpc) is 2.18. The van der Waals surface area contributed by atoms with Gasteiger partial charge in [0.15, 0.2) is 0 Å². The van der Waals surface area contributed by atoms with Gasteiger partial charge in [-0.1, -0.05) is 12.1 Å². The molecule has 0 atom stereocenters. The summed E-state index contributed by atoms with van der Waals surface area (Å²) in [5, 5.41) is 0. The van der Waals surface area contributed by atoms with Crippen LogP contribution in [0.15, 0.2) is 24.3 Å². The molecule has 0 radical (unpaired) electrons. The molecule has 0 saturated heterocycles. The van der Waals surface area contributed by atoms with Crippen LogP contribution in [-0.2, 0) is 6.54 Å². The summed E-state index contributed by atoms with van der Waals surface area (Å²) >= 11 is 0. The molecule has 0 aromatic heterocycles. The van der Waals surface area contributed by atoms with Gasteiger partial charge in [-0.3, -0.25) is 4.90 Å². The lowest BCUT2D eigenvalue weighted by molar-refractivity contribution is 0.266. The van der Waals surface area contributed by atoms with E-state index >= 15 is 0 Å². The Bertz CT molecular complexity index is 288. The Kier molecular flexibility index (Phi) is 4.15. The molecular weight excluding hydrogens is 184 g/mol. The average molecular weight is 206 g/mol. The summed E-state index contributed by atoms with van der Waals surface area (Å²) in [5.74, 6) is 0. The molecule has 0 spiro atoms. The van der Waals surface area contributed by atoms with Crippen LogP contribution in [0.25, 0.3) is 0 Å². The van der Waals surface area contributed by atoms with E-state index in [1.54, 1.807) is 0 Å². The predicted molar refractivity (Wildman–Crippen MR) is 67.4 cm³/mol. The minimum absolute atomic E-state index is 0.596. The monoisotopic (exact) mass is 206 g/mol. The fourth-order valence-corrected chi connectivity index (χ4v) is 1.37. The highest BCUT2D eigenvalue weighted by Gasteiger charge is 2.04. The minimum Gasteiger partial charge on any atom is -0.378 e. The highest BCUT2D eigenvalue weighted by atomic mass is 15.1. The fraction of sp³-hybridized carbons (Fsp3) is 0.538. The van der Waals surface area contributed by atoms with Crippen molar-refractivity contribution >= 4 is 5.69 Å². The van der Waals surface area contributed by atoms with Gasteiger partial charge in [0, 0.05) is 32.4 Å². The number of hydrogen-bond acceptors (Lipinski definition) is 2. The van der Waals surface area contributed by atoms with Crippen LogP contribution in [0, 0.1) is 0 Å². The first kappa shape index (κ1) is 12.1. The number of anilines is 1. The van der Waals surface area contributed by atoms with Crippen LogP contribution in [0.1, 0.15) is 19.4 Å². The van der Waals surface area contributed by atoms with Gasteiger partial charge in [-0.25, -0.2) is 0 Å². The zero-order valence-corrected chi connectivity index (χ0v) is 10.5. The van der Waals surface area contributed by atoms with Crippen LogP contribution in [0.3, 0.4) is 0 Å². The SMILES string of the molecule is CC(C)N(C)Cc1ccc(N(C)C)cc1. The van der Waals surface area contributed by atoms with E-state index in [9.17, 15) is 0 Å². The van der Waals surface area contributed by atoms with E-state index in [1.165, 1.54) is 11.3 Å². The minimum atomic E-state index is 0.596. The molecule has 0 bridgehead atoms.